The maximum Gasteiger partial charge on any atom is 0.288 e. The molecule has 28 heavy (non-hydrogen) atoms. The van der Waals surface area contributed by atoms with Gasteiger partial charge in [0.25, 0.3) is 4.84 Å². The third kappa shape index (κ3) is 4.59. The molecule has 1 aliphatic rings. The van der Waals surface area contributed by atoms with Gasteiger partial charge in [-0.3, -0.25) is 0 Å². The van der Waals surface area contributed by atoms with Crippen LogP contribution in [0.15, 0.2) is 52.9 Å². The lowest BCUT2D eigenvalue weighted by Gasteiger charge is -2.26. The van der Waals surface area contributed by atoms with Crippen molar-refractivity contribution in [3.05, 3.63) is 74.9 Å². The molecule has 1 heterocycles. The number of nitrogens with one attached hydrogen (secondary N) is 1. The third-order valence-electron chi connectivity index (χ3n) is 5.32. The second-order valence-electron chi connectivity index (χ2n) is 7.15. The number of rotatable bonds is 5. The predicted molar refractivity (Wildman–Crippen MR) is 116 cm³/mol. The molecule has 0 atom stereocenters. The SMILES string of the molecule is S=c1oc(C2CCC(c3ccc(Cl)cc3)CC2)nn1CNc1ccc(Cl)cc1. The lowest BCUT2D eigenvalue weighted by atomic mass is 9.79. The Kier molecular flexibility index (Phi) is 6.04. The van der Waals surface area contributed by atoms with E-state index in [1.807, 2.05) is 36.4 Å². The van der Waals surface area contributed by atoms with Gasteiger partial charge in [0.1, 0.15) is 6.67 Å². The van der Waals surface area contributed by atoms with Gasteiger partial charge in [0.15, 0.2) is 0 Å². The zero-order chi connectivity index (χ0) is 19.5. The van der Waals surface area contributed by atoms with Gasteiger partial charge in [-0.05, 0) is 85.8 Å². The van der Waals surface area contributed by atoms with Gasteiger partial charge < -0.3 is 9.73 Å². The van der Waals surface area contributed by atoms with E-state index in [0.29, 0.717) is 28.4 Å². The van der Waals surface area contributed by atoms with Crippen molar-refractivity contribution in [2.45, 2.75) is 44.2 Å². The van der Waals surface area contributed by atoms with Gasteiger partial charge in [-0.25, -0.2) is 4.68 Å². The summed E-state index contributed by atoms with van der Waals surface area (Å²) in [7, 11) is 0. The maximum atomic E-state index is 6.00. The van der Waals surface area contributed by atoms with Gasteiger partial charge in [-0.1, -0.05) is 35.3 Å². The predicted octanol–water partition coefficient (Wildman–Crippen LogP) is 7.02. The average molecular weight is 434 g/mol. The van der Waals surface area contributed by atoms with E-state index >= 15 is 0 Å². The van der Waals surface area contributed by atoms with Gasteiger partial charge in [0.05, 0.1) is 0 Å². The van der Waals surface area contributed by atoms with Gasteiger partial charge in [0, 0.05) is 21.7 Å². The summed E-state index contributed by atoms with van der Waals surface area (Å²) in [5.41, 5.74) is 2.32. The molecule has 0 unspecified atom stereocenters. The molecule has 0 amide bonds. The summed E-state index contributed by atoms with van der Waals surface area (Å²) < 4.78 is 7.51. The van der Waals surface area contributed by atoms with Crippen molar-refractivity contribution < 1.29 is 4.42 Å². The molecule has 1 aliphatic carbocycles. The van der Waals surface area contributed by atoms with E-state index in [9.17, 15) is 0 Å². The fourth-order valence-corrected chi connectivity index (χ4v) is 4.17. The van der Waals surface area contributed by atoms with Crippen LogP contribution in [0.4, 0.5) is 5.69 Å². The minimum Gasteiger partial charge on any atom is -0.414 e. The van der Waals surface area contributed by atoms with E-state index < -0.39 is 0 Å². The molecular formula is C21H21Cl2N3OS. The van der Waals surface area contributed by atoms with Crippen LogP contribution >= 0.6 is 35.4 Å². The van der Waals surface area contributed by atoms with Crippen LogP contribution < -0.4 is 5.32 Å². The van der Waals surface area contributed by atoms with E-state index in [1.54, 1.807) is 4.68 Å². The minimum absolute atomic E-state index is 0.321. The quantitative estimate of drug-likeness (QED) is 0.438. The number of hydrogen-bond acceptors (Lipinski definition) is 4. The highest BCUT2D eigenvalue weighted by atomic mass is 35.5. The van der Waals surface area contributed by atoms with Gasteiger partial charge >= 0.3 is 0 Å². The van der Waals surface area contributed by atoms with Crippen molar-refractivity contribution in [2.24, 2.45) is 0 Å². The summed E-state index contributed by atoms with van der Waals surface area (Å²) in [4.78, 5) is 0.399. The second-order valence-corrected chi connectivity index (χ2v) is 8.37. The fraction of sp³-hybridized carbons (Fsp3) is 0.333. The molecule has 4 rings (SSSR count). The molecule has 1 aromatic heterocycles. The molecule has 3 aromatic rings. The van der Waals surface area contributed by atoms with Crippen molar-refractivity contribution in [3.63, 3.8) is 0 Å². The molecule has 0 radical (unpaired) electrons. The number of benzene rings is 2. The number of hydrogen-bond donors (Lipinski definition) is 1. The highest BCUT2D eigenvalue weighted by molar-refractivity contribution is 7.71. The molecule has 0 spiro atoms. The Labute approximate surface area is 179 Å². The normalized spacial score (nSPS) is 19.5. The summed E-state index contributed by atoms with van der Waals surface area (Å²) in [6.07, 6.45) is 4.33. The zero-order valence-corrected chi connectivity index (χ0v) is 17.6. The van der Waals surface area contributed by atoms with E-state index in [2.05, 4.69) is 22.5 Å². The number of anilines is 1. The molecule has 0 saturated heterocycles. The molecular weight excluding hydrogens is 413 g/mol. The Hall–Kier alpha value is -1.82. The first-order chi connectivity index (χ1) is 13.6. The monoisotopic (exact) mass is 433 g/mol. The van der Waals surface area contributed by atoms with Crippen LogP contribution in [0, 0.1) is 4.84 Å². The summed E-state index contributed by atoms with van der Waals surface area (Å²) in [6, 6.07) is 15.7. The first kappa shape index (κ1) is 19.5. The molecule has 0 aliphatic heterocycles. The minimum atomic E-state index is 0.321. The van der Waals surface area contributed by atoms with Crippen LogP contribution in [0.2, 0.25) is 10.0 Å². The lowest BCUT2D eigenvalue weighted by Crippen LogP contribution is -2.14. The van der Waals surface area contributed by atoms with Crippen molar-refractivity contribution in [2.75, 3.05) is 5.32 Å². The molecule has 4 nitrogen and oxygen atoms in total. The van der Waals surface area contributed by atoms with Crippen molar-refractivity contribution in [1.29, 1.82) is 0 Å². The van der Waals surface area contributed by atoms with Crippen molar-refractivity contribution in [3.8, 4) is 0 Å². The number of aromatic nitrogens is 2. The molecule has 1 fully saturated rings. The van der Waals surface area contributed by atoms with Crippen LogP contribution in [0.5, 0.6) is 0 Å². The first-order valence-corrected chi connectivity index (χ1v) is 10.6. The Morgan fingerprint density at radius 3 is 2.14 bits per heavy atom. The number of nitrogens with zero attached hydrogens (tertiary/aromatic N) is 2. The number of halogens is 2. The van der Waals surface area contributed by atoms with Gasteiger partial charge in [-0.2, -0.15) is 0 Å². The zero-order valence-electron chi connectivity index (χ0n) is 15.3. The molecule has 1 N–H and O–H groups in total. The van der Waals surface area contributed by atoms with E-state index in [0.717, 1.165) is 42.3 Å². The van der Waals surface area contributed by atoms with Crippen molar-refractivity contribution in [1.82, 2.24) is 9.78 Å². The van der Waals surface area contributed by atoms with E-state index in [4.69, 9.17) is 39.8 Å². The Bertz CT molecular complexity index is 974. The second kappa shape index (κ2) is 8.68. The van der Waals surface area contributed by atoms with Crippen LogP contribution in [0.3, 0.4) is 0 Å². The summed E-state index contributed by atoms with van der Waals surface area (Å²) in [6.45, 7) is 0.462. The molecule has 7 heteroatoms. The topological polar surface area (TPSA) is 43.0 Å². The molecule has 2 aromatic carbocycles. The van der Waals surface area contributed by atoms with Gasteiger partial charge in [-0.15, -0.1) is 5.10 Å². The standard InChI is InChI=1S/C21H21Cl2N3OS/c22-17-7-5-15(6-8-17)14-1-3-16(4-2-14)20-25-26(21(28)27-20)13-24-19-11-9-18(23)10-12-19/h5-12,14,16,24H,1-4,13H2. The average Bonchev–Trinajstić information content (AvgIpc) is 3.09. The lowest BCUT2D eigenvalue weighted by molar-refractivity contribution is 0.336. The maximum absolute atomic E-state index is 6.00. The van der Waals surface area contributed by atoms with Gasteiger partial charge in [0.2, 0.25) is 5.89 Å². The highest BCUT2D eigenvalue weighted by Gasteiger charge is 2.27. The third-order valence-corrected chi connectivity index (χ3v) is 6.11. The molecule has 146 valence electrons. The van der Waals surface area contributed by atoms with Crippen LogP contribution in [0.1, 0.15) is 49.0 Å². The molecule has 1 saturated carbocycles. The largest absolute Gasteiger partial charge is 0.414 e. The van der Waals surface area contributed by atoms with Crippen LogP contribution in [-0.2, 0) is 6.67 Å². The summed E-state index contributed by atoms with van der Waals surface area (Å²) >= 11 is 17.3. The van der Waals surface area contributed by atoms with Crippen molar-refractivity contribution >= 4 is 41.1 Å². The van der Waals surface area contributed by atoms with E-state index in [-0.39, 0.29) is 0 Å². The van der Waals surface area contributed by atoms with Crippen LogP contribution in [0.25, 0.3) is 0 Å². The fourth-order valence-electron chi connectivity index (χ4n) is 3.73. The Morgan fingerprint density at radius 2 is 1.50 bits per heavy atom. The van der Waals surface area contributed by atoms with E-state index in [1.165, 1.54) is 5.56 Å². The van der Waals surface area contributed by atoms with Crippen LogP contribution in [-0.4, -0.2) is 9.78 Å². The molecule has 0 bridgehead atoms. The highest BCUT2D eigenvalue weighted by Crippen LogP contribution is 2.40. The first-order valence-electron chi connectivity index (χ1n) is 9.41. The Balaban J connectivity index is 1.36. The Morgan fingerprint density at radius 1 is 0.929 bits per heavy atom. The summed E-state index contributed by atoms with van der Waals surface area (Å²) in [5.74, 6) is 1.64. The summed E-state index contributed by atoms with van der Waals surface area (Å²) in [5, 5.41) is 9.39. The smallest absolute Gasteiger partial charge is 0.288 e.